The van der Waals surface area contributed by atoms with Crippen LogP contribution in [0.4, 0.5) is 4.39 Å². The van der Waals surface area contributed by atoms with Gasteiger partial charge in [-0.15, -0.1) is 0 Å². The Hall–Kier alpha value is -2.41. The van der Waals surface area contributed by atoms with Crippen LogP contribution < -0.4 is 10.1 Å². The third kappa shape index (κ3) is 4.57. The van der Waals surface area contributed by atoms with Crippen molar-refractivity contribution in [3.8, 4) is 5.75 Å². The highest BCUT2D eigenvalue weighted by Crippen LogP contribution is 2.27. The minimum absolute atomic E-state index is 0.0746. The molecule has 25 heavy (non-hydrogen) atoms. The molecule has 7 heteroatoms. The largest absolute Gasteiger partial charge is 0.484 e. The zero-order valence-electron chi connectivity index (χ0n) is 13.9. The predicted octanol–water partition coefficient (Wildman–Crippen LogP) is 2.55. The van der Waals surface area contributed by atoms with Crippen molar-refractivity contribution in [3.63, 3.8) is 0 Å². The first-order valence-corrected chi connectivity index (χ1v) is 8.48. The summed E-state index contributed by atoms with van der Waals surface area (Å²) in [6, 6.07) is 7.67. The van der Waals surface area contributed by atoms with E-state index in [1.165, 1.54) is 12.1 Å². The first-order chi connectivity index (χ1) is 12.1. The molecule has 0 atom stereocenters. The van der Waals surface area contributed by atoms with E-state index in [1.54, 1.807) is 18.2 Å². The van der Waals surface area contributed by atoms with Gasteiger partial charge in [-0.1, -0.05) is 31.4 Å². The molecular formula is C18H22FN3O3. The number of halogens is 1. The number of benzene rings is 1. The molecule has 0 saturated heterocycles. The molecule has 0 bridgehead atoms. The fourth-order valence-electron chi connectivity index (χ4n) is 2.99. The van der Waals surface area contributed by atoms with Gasteiger partial charge in [0.2, 0.25) is 0 Å². The number of aromatic nitrogens is 2. The summed E-state index contributed by atoms with van der Waals surface area (Å²) in [6.07, 6.45) is 4.49. The number of rotatable bonds is 6. The second-order valence-electron chi connectivity index (χ2n) is 6.47. The van der Waals surface area contributed by atoms with E-state index in [9.17, 15) is 14.3 Å². The lowest BCUT2D eigenvalue weighted by Gasteiger charge is -2.31. The first-order valence-electron chi connectivity index (χ1n) is 8.48. The maximum Gasteiger partial charge on any atom is 0.271 e. The van der Waals surface area contributed by atoms with Crippen LogP contribution in [0.1, 0.15) is 48.3 Å². The van der Waals surface area contributed by atoms with E-state index in [0.29, 0.717) is 18.5 Å². The summed E-state index contributed by atoms with van der Waals surface area (Å²) in [5.41, 5.74) is -0.0441. The zero-order valence-corrected chi connectivity index (χ0v) is 13.9. The van der Waals surface area contributed by atoms with Gasteiger partial charge in [-0.2, -0.15) is 5.10 Å². The molecule has 6 nitrogen and oxygen atoms in total. The molecule has 3 rings (SSSR count). The van der Waals surface area contributed by atoms with Crippen LogP contribution >= 0.6 is 0 Å². The molecule has 0 unspecified atom stereocenters. The van der Waals surface area contributed by atoms with Gasteiger partial charge in [0.05, 0.1) is 11.3 Å². The quantitative estimate of drug-likeness (QED) is 0.749. The minimum Gasteiger partial charge on any atom is -0.484 e. The zero-order chi connectivity index (χ0) is 17.7. The number of H-pyrrole nitrogens is 1. The number of ether oxygens (including phenoxy) is 1. The monoisotopic (exact) mass is 347 g/mol. The number of hydrogen-bond acceptors (Lipinski definition) is 4. The number of nitrogens with one attached hydrogen (secondary N) is 2. The SMILES string of the molecule is O=C(NCC1(O)CCCCC1)c1cc(COc2ccccc2F)[nH]n1. The molecule has 3 N–H and O–H groups in total. The summed E-state index contributed by atoms with van der Waals surface area (Å²) < 4.78 is 18.9. The van der Waals surface area contributed by atoms with Crippen molar-refractivity contribution in [1.82, 2.24) is 15.5 Å². The normalized spacial score (nSPS) is 16.4. The van der Waals surface area contributed by atoms with Crippen LogP contribution in [0.3, 0.4) is 0 Å². The van der Waals surface area contributed by atoms with E-state index in [-0.39, 0.29) is 30.5 Å². The highest BCUT2D eigenvalue weighted by atomic mass is 19.1. The van der Waals surface area contributed by atoms with Crippen molar-refractivity contribution < 1.29 is 19.0 Å². The lowest BCUT2D eigenvalue weighted by molar-refractivity contribution is 0.00521. The Morgan fingerprint density at radius 3 is 2.84 bits per heavy atom. The van der Waals surface area contributed by atoms with Crippen molar-refractivity contribution >= 4 is 5.91 Å². The smallest absolute Gasteiger partial charge is 0.271 e. The van der Waals surface area contributed by atoms with Gasteiger partial charge in [0.1, 0.15) is 12.3 Å². The van der Waals surface area contributed by atoms with Crippen LogP contribution in [0.2, 0.25) is 0 Å². The van der Waals surface area contributed by atoms with Crippen molar-refractivity contribution in [2.24, 2.45) is 0 Å². The molecule has 1 aromatic heterocycles. The molecule has 1 fully saturated rings. The fourth-order valence-corrected chi connectivity index (χ4v) is 2.99. The summed E-state index contributed by atoms with van der Waals surface area (Å²) in [4.78, 5) is 12.2. The van der Waals surface area contributed by atoms with Crippen LogP contribution in [0, 0.1) is 5.82 Å². The molecule has 1 heterocycles. The van der Waals surface area contributed by atoms with E-state index in [0.717, 1.165) is 19.3 Å². The standard InChI is InChI=1S/C18H22FN3O3/c19-14-6-2-3-7-16(14)25-11-13-10-15(22-21-13)17(23)20-12-18(24)8-4-1-5-9-18/h2-3,6-7,10,24H,1,4-5,8-9,11-12H2,(H,20,23)(H,21,22). The molecule has 0 spiro atoms. The Kier molecular flexibility index (Phi) is 5.33. The van der Waals surface area contributed by atoms with Crippen LogP contribution in [0.5, 0.6) is 5.75 Å². The van der Waals surface area contributed by atoms with Gasteiger partial charge in [0.15, 0.2) is 11.6 Å². The number of carbonyl (C=O) groups is 1. The average Bonchev–Trinajstić information content (AvgIpc) is 3.09. The second kappa shape index (κ2) is 7.65. The molecule has 1 aliphatic rings. The number of hydrogen-bond donors (Lipinski definition) is 3. The van der Waals surface area contributed by atoms with Crippen LogP contribution in [0.25, 0.3) is 0 Å². The topological polar surface area (TPSA) is 87.2 Å². The Bertz CT molecular complexity index is 726. The summed E-state index contributed by atoms with van der Waals surface area (Å²) in [6.45, 7) is 0.297. The Morgan fingerprint density at radius 1 is 1.32 bits per heavy atom. The maximum atomic E-state index is 13.5. The number of aromatic amines is 1. The van der Waals surface area contributed by atoms with E-state index in [1.807, 2.05) is 0 Å². The Labute approximate surface area is 145 Å². The molecule has 1 saturated carbocycles. The summed E-state index contributed by atoms with van der Waals surface area (Å²) in [5, 5.41) is 19.8. The van der Waals surface area contributed by atoms with Gasteiger partial charge < -0.3 is 15.2 Å². The van der Waals surface area contributed by atoms with Gasteiger partial charge >= 0.3 is 0 Å². The third-order valence-corrected chi connectivity index (χ3v) is 4.45. The van der Waals surface area contributed by atoms with Crippen LogP contribution in [-0.2, 0) is 6.61 Å². The first kappa shape index (κ1) is 17.4. The molecule has 0 radical (unpaired) electrons. The number of carbonyl (C=O) groups excluding carboxylic acids is 1. The van der Waals surface area contributed by atoms with Crippen LogP contribution in [0.15, 0.2) is 30.3 Å². The lowest BCUT2D eigenvalue weighted by Crippen LogP contribution is -2.44. The van der Waals surface area contributed by atoms with Crippen molar-refractivity contribution in [2.45, 2.75) is 44.3 Å². The molecule has 134 valence electrons. The minimum atomic E-state index is -0.818. The van der Waals surface area contributed by atoms with Gasteiger partial charge in [0, 0.05) is 6.54 Å². The van der Waals surface area contributed by atoms with Gasteiger partial charge in [-0.05, 0) is 31.0 Å². The molecule has 0 aliphatic heterocycles. The predicted molar refractivity (Wildman–Crippen MR) is 89.7 cm³/mol. The fraction of sp³-hybridized carbons (Fsp3) is 0.444. The van der Waals surface area contributed by atoms with Crippen molar-refractivity contribution in [2.75, 3.05) is 6.54 Å². The Balaban J connectivity index is 1.52. The van der Waals surface area contributed by atoms with Crippen molar-refractivity contribution in [3.05, 3.63) is 47.5 Å². The molecular weight excluding hydrogens is 325 g/mol. The van der Waals surface area contributed by atoms with Gasteiger partial charge in [-0.25, -0.2) is 4.39 Å². The van der Waals surface area contributed by atoms with E-state index in [2.05, 4.69) is 15.5 Å². The van der Waals surface area contributed by atoms with Crippen LogP contribution in [-0.4, -0.2) is 33.4 Å². The van der Waals surface area contributed by atoms with E-state index < -0.39 is 11.4 Å². The summed E-state index contributed by atoms with van der Waals surface area (Å²) >= 11 is 0. The third-order valence-electron chi connectivity index (χ3n) is 4.45. The molecule has 1 aromatic carbocycles. The second-order valence-corrected chi connectivity index (χ2v) is 6.47. The Morgan fingerprint density at radius 2 is 2.08 bits per heavy atom. The van der Waals surface area contributed by atoms with Crippen molar-refractivity contribution in [1.29, 1.82) is 0 Å². The molecule has 1 amide bonds. The van der Waals surface area contributed by atoms with E-state index in [4.69, 9.17) is 4.74 Å². The summed E-state index contributed by atoms with van der Waals surface area (Å²) in [7, 11) is 0. The van der Waals surface area contributed by atoms with E-state index >= 15 is 0 Å². The number of amides is 1. The number of nitrogens with zero attached hydrogens (tertiary/aromatic N) is 1. The number of aliphatic hydroxyl groups is 1. The molecule has 2 aromatic rings. The number of para-hydroxylation sites is 1. The highest BCUT2D eigenvalue weighted by molar-refractivity contribution is 5.92. The molecule has 1 aliphatic carbocycles. The maximum absolute atomic E-state index is 13.5. The lowest BCUT2D eigenvalue weighted by atomic mass is 9.85. The van der Waals surface area contributed by atoms with Gasteiger partial charge in [0.25, 0.3) is 5.91 Å². The summed E-state index contributed by atoms with van der Waals surface area (Å²) in [5.74, 6) is -0.657. The van der Waals surface area contributed by atoms with Gasteiger partial charge in [-0.3, -0.25) is 9.89 Å². The highest BCUT2D eigenvalue weighted by Gasteiger charge is 2.29. The average molecular weight is 347 g/mol.